The van der Waals surface area contributed by atoms with Gasteiger partial charge in [-0.2, -0.15) is 13.2 Å². The van der Waals surface area contributed by atoms with Gasteiger partial charge < -0.3 is 10.6 Å². The summed E-state index contributed by atoms with van der Waals surface area (Å²) < 4.78 is 52.0. The van der Waals surface area contributed by atoms with Crippen LogP contribution in [0.5, 0.6) is 0 Å². The number of alkyl halides is 3. The number of aryl methyl sites for hydroxylation is 1. The smallest absolute Gasteiger partial charge is 0.321 e. The number of benzene rings is 2. The largest absolute Gasteiger partial charge is 0.419 e. The third-order valence-corrected chi connectivity index (χ3v) is 4.16. The fraction of sp³-hybridized carbons (Fsp3) is 0.0952. The molecule has 0 saturated heterocycles. The molecule has 0 aliphatic carbocycles. The molecule has 5 nitrogen and oxygen atoms in total. The zero-order valence-corrected chi connectivity index (χ0v) is 15.5. The Morgan fingerprint density at radius 3 is 2.23 bits per heavy atom. The molecule has 154 valence electrons. The molecule has 2 N–H and O–H groups in total. The number of hydrogen-bond donors (Lipinski definition) is 2. The number of rotatable bonds is 4. The van der Waals surface area contributed by atoms with Gasteiger partial charge in [-0.3, -0.25) is 14.6 Å². The highest BCUT2D eigenvalue weighted by molar-refractivity contribution is 6.06. The quantitative estimate of drug-likeness (QED) is 0.584. The number of halogens is 4. The molecule has 1 heterocycles. The van der Waals surface area contributed by atoms with Crippen LogP contribution in [-0.4, -0.2) is 16.8 Å². The minimum atomic E-state index is -4.93. The molecule has 9 heteroatoms. The van der Waals surface area contributed by atoms with E-state index < -0.39 is 29.4 Å². The Bertz CT molecular complexity index is 1100. The van der Waals surface area contributed by atoms with E-state index in [0.717, 1.165) is 6.07 Å². The number of nitrogens with one attached hydrogen (secondary N) is 2. The molecule has 0 saturated carbocycles. The van der Waals surface area contributed by atoms with E-state index >= 15 is 0 Å². The number of aromatic nitrogens is 1. The van der Waals surface area contributed by atoms with Crippen LogP contribution in [0.25, 0.3) is 0 Å². The molecular weight excluding hydrogens is 402 g/mol. The first-order valence-corrected chi connectivity index (χ1v) is 8.66. The number of carbonyl (C=O) groups excluding carboxylic acids is 2. The lowest BCUT2D eigenvalue weighted by Crippen LogP contribution is -2.16. The van der Waals surface area contributed by atoms with Crippen molar-refractivity contribution >= 4 is 23.2 Å². The van der Waals surface area contributed by atoms with Crippen molar-refractivity contribution in [1.82, 2.24) is 4.98 Å². The SMILES string of the molecule is Cc1ncc(NC(=O)c2ccc(F)c(C(F)(F)F)c2)cc1NC(=O)c1ccccc1. The molecule has 0 aliphatic heterocycles. The Balaban J connectivity index is 1.80. The zero-order valence-electron chi connectivity index (χ0n) is 15.5. The van der Waals surface area contributed by atoms with Gasteiger partial charge in [0, 0.05) is 11.1 Å². The van der Waals surface area contributed by atoms with E-state index in [1.54, 1.807) is 37.3 Å². The second-order valence-corrected chi connectivity index (χ2v) is 6.32. The summed E-state index contributed by atoms with van der Waals surface area (Å²) in [6, 6.07) is 11.8. The van der Waals surface area contributed by atoms with Crippen LogP contribution < -0.4 is 10.6 Å². The summed E-state index contributed by atoms with van der Waals surface area (Å²) in [7, 11) is 0. The first-order valence-electron chi connectivity index (χ1n) is 8.66. The summed E-state index contributed by atoms with van der Waals surface area (Å²) in [6.45, 7) is 1.64. The lowest BCUT2D eigenvalue weighted by atomic mass is 10.1. The average molecular weight is 417 g/mol. The first kappa shape index (κ1) is 21.0. The molecule has 0 fully saturated rings. The molecule has 0 aliphatic rings. The Morgan fingerprint density at radius 1 is 0.900 bits per heavy atom. The summed E-state index contributed by atoms with van der Waals surface area (Å²) in [5.74, 6) is -2.74. The first-order chi connectivity index (χ1) is 14.1. The predicted molar refractivity (Wildman–Crippen MR) is 103 cm³/mol. The van der Waals surface area contributed by atoms with Gasteiger partial charge in [-0.25, -0.2) is 4.39 Å². The van der Waals surface area contributed by atoms with E-state index in [1.165, 1.54) is 12.3 Å². The van der Waals surface area contributed by atoms with Crippen molar-refractivity contribution < 1.29 is 27.2 Å². The van der Waals surface area contributed by atoms with Gasteiger partial charge in [-0.15, -0.1) is 0 Å². The molecular formula is C21H15F4N3O2. The van der Waals surface area contributed by atoms with Gasteiger partial charge in [0.2, 0.25) is 0 Å². The highest BCUT2D eigenvalue weighted by Gasteiger charge is 2.34. The monoisotopic (exact) mass is 417 g/mol. The lowest BCUT2D eigenvalue weighted by molar-refractivity contribution is -0.140. The van der Waals surface area contributed by atoms with Crippen molar-refractivity contribution in [2.45, 2.75) is 13.1 Å². The maximum atomic E-state index is 13.4. The molecule has 0 spiro atoms. The summed E-state index contributed by atoms with van der Waals surface area (Å²) in [6.07, 6.45) is -3.64. The van der Waals surface area contributed by atoms with E-state index in [1.807, 2.05) is 0 Å². The molecule has 0 bridgehead atoms. The Morgan fingerprint density at radius 2 is 1.57 bits per heavy atom. The summed E-state index contributed by atoms with van der Waals surface area (Å²) in [5.41, 5.74) is -0.563. The van der Waals surface area contributed by atoms with Crippen molar-refractivity contribution in [3.63, 3.8) is 0 Å². The van der Waals surface area contributed by atoms with Crippen LogP contribution in [0, 0.1) is 12.7 Å². The highest BCUT2D eigenvalue weighted by atomic mass is 19.4. The van der Waals surface area contributed by atoms with Crippen LogP contribution in [-0.2, 0) is 6.18 Å². The van der Waals surface area contributed by atoms with Crippen molar-refractivity contribution in [2.24, 2.45) is 0 Å². The third-order valence-electron chi connectivity index (χ3n) is 4.16. The summed E-state index contributed by atoms with van der Waals surface area (Å²) >= 11 is 0. The maximum Gasteiger partial charge on any atom is 0.419 e. The van der Waals surface area contributed by atoms with Crippen molar-refractivity contribution in [3.05, 3.63) is 89.0 Å². The molecule has 2 amide bonds. The van der Waals surface area contributed by atoms with Crippen LogP contribution in [0.1, 0.15) is 32.0 Å². The molecule has 0 atom stereocenters. The van der Waals surface area contributed by atoms with Crippen LogP contribution in [0.15, 0.2) is 60.8 Å². The number of amides is 2. The van der Waals surface area contributed by atoms with Crippen LogP contribution in [0.3, 0.4) is 0 Å². The van der Waals surface area contributed by atoms with Gasteiger partial charge in [0.1, 0.15) is 5.82 Å². The van der Waals surface area contributed by atoms with Gasteiger partial charge in [0.15, 0.2) is 0 Å². The number of carbonyl (C=O) groups is 2. The van der Waals surface area contributed by atoms with Gasteiger partial charge in [0.05, 0.1) is 28.8 Å². The predicted octanol–water partition coefficient (Wildman–Crippen LogP) is 5.05. The lowest BCUT2D eigenvalue weighted by Gasteiger charge is -2.12. The summed E-state index contributed by atoms with van der Waals surface area (Å²) in [4.78, 5) is 28.7. The normalized spacial score (nSPS) is 11.1. The van der Waals surface area contributed by atoms with E-state index in [4.69, 9.17) is 0 Å². The molecule has 3 aromatic rings. The van der Waals surface area contributed by atoms with Crippen LogP contribution in [0.2, 0.25) is 0 Å². The van der Waals surface area contributed by atoms with Crippen molar-refractivity contribution in [1.29, 1.82) is 0 Å². The molecule has 30 heavy (non-hydrogen) atoms. The van der Waals surface area contributed by atoms with Gasteiger partial charge >= 0.3 is 6.18 Å². The number of nitrogens with zero attached hydrogens (tertiary/aromatic N) is 1. The molecule has 0 radical (unpaired) electrons. The van der Waals surface area contributed by atoms with Crippen LogP contribution >= 0.6 is 0 Å². The minimum Gasteiger partial charge on any atom is -0.321 e. The average Bonchev–Trinajstić information content (AvgIpc) is 2.70. The van der Waals surface area contributed by atoms with E-state index in [0.29, 0.717) is 29.1 Å². The third kappa shape index (κ3) is 4.80. The van der Waals surface area contributed by atoms with Crippen molar-refractivity contribution in [2.75, 3.05) is 10.6 Å². The molecule has 3 rings (SSSR count). The number of anilines is 2. The Hall–Kier alpha value is -3.75. The Labute approximate surface area is 168 Å². The number of hydrogen-bond acceptors (Lipinski definition) is 3. The highest BCUT2D eigenvalue weighted by Crippen LogP contribution is 2.32. The topological polar surface area (TPSA) is 71.1 Å². The van der Waals surface area contributed by atoms with Gasteiger partial charge in [-0.1, -0.05) is 18.2 Å². The van der Waals surface area contributed by atoms with Crippen molar-refractivity contribution in [3.8, 4) is 0 Å². The fourth-order valence-electron chi connectivity index (χ4n) is 2.60. The van der Waals surface area contributed by atoms with Crippen LogP contribution in [0.4, 0.5) is 28.9 Å². The second kappa shape index (κ2) is 8.32. The molecule has 0 unspecified atom stereocenters. The molecule has 2 aromatic carbocycles. The van der Waals surface area contributed by atoms with Gasteiger partial charge in [0.25, 0.3) is 11.8 Å². The standard InChI is InChI=1S/C21H15F4N3O2/c1-12-18(28-19(29)13-5-3-2-4-6-13)10-15(11-26-12)27-20(30)14-7-8-17(22)16(9-14)21(23,24)25/h2-11H,1H3,(H,27,30)(H,28,29). The number of pyridine rings is 1. The van der Waals surface area contributed by atoms with E-state index in [9.17, 15) is 27.2 Å². The van der Waals surface area contributed by atoms with E-state index in [-0.39, 0.29) is 11.3 Å². The van der Waals surface area contributed by atoms with Gasteiger partial charge in [-0.05, 0) is 43.3 Å². The van der Waals surface area contributed by atoms with E-state index in [2.05, 4.69) is 15.6 Å². The zero-order chi connectivity index (χ0) is 21.9. The second-order valence-electron chi connectivity index (χ2n) is 6.32. The fourth-order valence-corrected chi connectivity index (χ4v) is 2.60. The minimum absolute atomic E-state index is 0.145. The maximum absolute atomic E-state index is 13.4. The summed E-state index contributed by atoms with van der Waals surface area (Å²) in [5, 5.41) is 5.06. The molecule has 1 aromatic heterocycles. The Kier molecular flexibility index (Phi) is 5.81.